The molecule has 2 aromatic carbocycles. The first-order chi connectivity index (χ1) is 12.9. The topological polar surface area (TPSA) is 58.6 Å². The van der Waals surface area contributed by atoms with E-state index < -0.39 is 6.04 Å². The van der Waals surface area contributed by atoms with Crippen LogP contribution in [0.1, 0.15) is 30.5 Å². The first-order valence-corrected chi connectivity index (χ1v) is 9.24. The molecule has 0 saturated heterocycles. The third kappa shape index (κ3) is 5.58. The third-order valence-corrected chi connectivity index (χ3v) is 4.56. The molecule has 1 N–H and O–H groups in total. The average molecular weight is 368 g/mol. The van der Waals surface area contributed by atoms with Gasteiger partial charge in [-0.3, -0.25) is 9.59 Å². The van der Waals surface area contributed by atoms with Crippen molar-refractivity contribution < 1.29 is 14.3 Å². The fourth-order valence-corrected chi connectivity index (χ4v) is 2.82. The highest BCUT2D eigenvalue weighted by Gasteiger charge is 2.26. The van der Waals surface area contributed by atoms with Gasteiger partial charge in [0.2, 0.25) is 5.91 Å². The Hall–Kier alpha value is -2.82. The molecule has 0 radical (unpaired) electrons. The Labute approximate surface area is 161 Å². The van der Waals surface area contributed by atoms with Crippen molar-refractivity contribution in [3.8, 4) is 5.75 Å². The first-order valence-electron chi connectivity index (χ1n) is 9.24. The number of aryl methyl sites for hydroxylation is 2. The van der Waals surface area contributed by atoms with Crippen LogP contribution >= 0.6 is 0 Å². The van der Waals surface area contributed by atoms with Crippen LogP contribution in [0.4, 0.5) is 0 Å². The largest absolute Gasteiger partial charge is 0.484 e. The minimum absolute atomic E-state index is 0.111. The molecule has 0 bridgehead atoms. The number of nitrogens with one attached hydrogen (secondary N) is 1. The molecule has 144 valence electrons. The molecule has 0 aliphatic rings. The van der Waals surface area contributed by atoms with Gasteiger partial charge in [-0.05, 0) is 50.5 Å². The van der Waals surface area contributed by atoms with E-state index >= 15 is 0 Å². The van der Waals surface area contributed by atoms with Crippen LogP contribution < -0.4 is 10.1 Å². The number of para-hydroxylation sites is 1. The fourth-order valence-electron chi connectivity index (χ4n) is 2.82. The molecule has 0 heterocycles. The van der Waals surface area contributed by atoms with E-state index in [1.54, 1.807) is 11.8 Å². The van der Waals surface area contributed by atoms with E-state index in [9.17, 15) is 9.59 Å². The van der Waals surface area contributed by atoms with E-state index in [1.807, 2.05) is 69.3 Å². The SMILES string of the molecule is CCNC(=O)[C@H](C)N(Cc1ccccc1C)C(=O)COc1ccccc1C. The van der Waals surface area contributed by atoms with Crippen molar-refractivity contribution in [2.24, 2.45) is 0 Å². The Morgan fingerprint density at radius 2 is 1.67 bits per heavy atom. The highest BCUT2D eigenvalue weighted by molar-refractivity contribution is 5.87. The number of amides is 2. The quantitative estimate of drug-likeness (QED) is 0.778. The van der Waals surface area contributed by atoms with Crippen molar-refractivity contribution in [1.82, 2.24) is 10.2 Å². The molecule has 1 atom stereocenters. The number of hydrogen-bond donors (Lipinski definition) is 1. The fraction of sp³-hybridized carbons (Fsp3) is 0.364. The van der Waals surface area contributed by atoms with Crippen molar-refractivity contribution in [2.45, 2.75) is 40.3 Å². The number of carbonyl (C=O) groups is 2. The Kier molecular flexibility index (Phi) is 7.41. The summed E-state index contributed by atoms with van der Waals surface area (Å²) in [4.78, 5) is 26.8. The van der Waals surface area contributed by atoms with Gasteiger partial charge in [-0.1, -0.05) is 42.5 Å². The molecule has 27 heavy (non-hydrogen) atoms. The second-order valence-electron chi connectivity index (χ2n) is 6.57. The van der Waals surface area contributed by atoms with Crippen molar-refractivity contribution >= 4 is 11.8 Å². The van der Waals surface area contributed by atoms with Crippen LogP contribution in [0.3, 0.4) is 0 Å². The van der Waals surface area contributed by atoms with Gasteiger partial charge < -0.3 is 15.0 Å². The molecule has 2 aromatic rings. The van der Waals surface area contributed by atoms with E-state index in [4.69, 9.17) is 4.74 Å². The standard InChI is InChI=1S/C22H28N2O3/c1-5-23-22(26)18(4)24(14-19-12-8-6-10-16(19)2)21(25)15-27-20-13-9-7-11-17(20)3/h6-13,18H,5,14-15H2,1-4H3,(H,23,26)/t18-/m0/s1. The number of likely N-dealkylation sites (N-methyl/N-ethyl adjacent to an activating group) is 1. The molecule has 5 heteroatoms. The maximum absolute atomic E-state index is 12.9. The lowest BCUT2D eigenvalue weighted by Gasteiger charge is -2.29. The van der Waals surface area contributed by atoms with E-state index in [0.717, 1.165) is 16.7 Å². The minimum Gasteiger partial charge on any atom is -0.484 e. The zero-order chi connectivity index (χ0) is 19.8. The van der Waals surface area contributed by atoms with Crippen LogP contribution in [0, 0.1) is 13.8 Å². The lowest BCUT2D eigenvalue weighted by Crippen LogP contribution is -2.49. The van der Waals surface area contributed by atoms with Gasteiger partial charge in [0.1, 0.15) is 11.8 Å². The summed E-state index contributed by atoms with van der Waals surface area (Å²) < 4.78 is 5.71. The van der Waals surface area contributed by atoms with Crippen molar-refractivity contribution in [1.29, 1.82) is 0 Å². The molecule has 0 saturated carbocycles. The Bertz CT molecular complexity index is 789. The molecule has 2 amide bonds. The maximum Gasteiger partial charge on any atom is 0.261 e. The predicted octanol–water partition coefficient (Wildman–Crippen LogP) is 3.24. The summed E-state index contributed by atoms with van der Waals surface area (Å²) in [5, 5.41) is 2.79. The summed E-state index contributed by atoms with van der Waals surface area (Å²) in [5.41, 5.74) is 3.06. The highest BCUT2D eigenvalue weighted by Crippen LogP contribution is 2.17. The molecule has 0 aliphatic carbocycles. The molecular weight excluding hydrogens is 340 g/mol. The zero-order valence-corrected chi connectivity index (χ0v) is 16.5. The normalized spacial score (nSPS) is 11.6. The van der Waals surface area contributed by atoms with Gasteiger partial charge in [0.05, 0.1) is 0 Å². The summed E-state index contributed by atoms with van der Waals surface area (Å²) in [7, 11) is 0. The number of hydrogen-bond acceptors (Lipinski definition) is 3. The van der Waals surface area contributed by atoms with Crippen LogP contribution in [-0.4, -0.2) is 35.9 Å². The smallest absolute Gasteiger partial charge is 0.261 e. The third-order valence-electron chi connectivity index (χ3n) is 4.56. The summed E-state index contributed by atoms with van der Waals surface area (Å²) in [5.74, 6) is 0.280. The number of ether oxygens (including phenoxy) is 1. The van der Waals surface area contributed by atoms with Crippen LogP contribution in [0.2, 0.25) is 0 Å². The Balaban J connectivity index is 2.17. The van der Waals surface area contributed by atoms with Crippen LogP contribution in [-0.2, 0) is 16.1 Å². The first kappa shape index (κ1) is 20.5. The summed E-state index contributed by atoms with van der Waals surface area (Å²) in [6.45, 7) is 8.31. The average Bonchev–Trinajstić information content (AvgIpc) is 2.66. The van der Waals surface area contributed by atoms with Crippen LogP contribution in [0.15, 0.2) is 48.5 Å². The van der Waals surface area contributed by atoms with Crippen molar-refractivity contribution in [3.63, 3.8) is 0 Å². The second kappa shape index (κ2) is 9.76. The van der Waals surface area contributed by atoms with E-state index in [2.05, 4.69) is 5.32 Å². The van der Waals surface area contributed by atoms with E-state index in [1.165, 1.54) is 0 Å². The molecule has 0 unspecified atom stereocenters. The van der Waals surface area contributed by atoms with Crippen molar-refractivity contribution in [2.75, 3.05) is 13.2 Å². The monoisotopic (exact) mass is 368 g/mol. The number of rotatable bonds is 8. The zero-order valence-electron chi connectivity index (χ0n) is 16.5. The van der Waals surface area contributed by atoms with Gasteiger partial charge in [-0.15, -0.1) is 0 Å². The summed E-state index contributed by atoms with van der Waals surface area (Å²) in [6.07, 6.45) is 0. The van der Waals surface area contributed by atoms with Crippen LogP contribution in [0.5, 0.6) is 5.75 Å². The molecule has 0 aliphatic heterocycles. The predicted molar refractivity (Wildman–Crippen MR) is 107 cm³/mol. The van der Waals surface area contributed by atoms with E-state index in [0.29, 0.717) is 18.8 Å². The molecule has 2 rings (SSSR count). The Morgan fingerprint density at radius 1 is 1.04 bits per heavy atom. The van der Waals surface area contributed by atoms with Gasteiger partial charge >= 0.3 is 0 Å². The molecular formula is C22H28N2O3. The van der Waals surface area contributed by atoms with Gasteiger partial charge in [0.15, 0.2) is 6.61 Å². The van der Waals surface area contributed by atoms with Gasteiger partial charge in [-0.25, -0.2) is 0 Å². The second-order valence-corrected chi connectivity index (χ2v) is 6.57. The highest BCUT2D eigenvalue weighted by atomic mass is 16.5. The lowest BCUT2D eigenvalue weighted by molar-refractivity contribution is -0.142. The van der Waals surface area contributed by atoms with Gasteiger partial charge in [0.25, 0.3) is 5.91 Å². The molecule has 0 aromatic heterocycles. The van der Waals surface area contributed by atoms with E-state index in [-0.39, 0.29) is 18.4 Å². The Morgan fingerprint density at radius 3 is 2.30 bits per heavy atom. The summed E-state index contributed by atoms with van der Waals surface area (Å²) >= 11 is 0. The lowest BCUT2D eigenvalue weighted by atomic mass is 10.1. The summed E-state index contributed by atoms with van der Waals surface area (Å²) in [6, 6.07) is 14.8. The minimum atomic E-state index is -0.586. The van der Waals surface area contributed by atoms with Crippen molar-refractivity contribution in [3.05, 3.63) is 65.2 Å². The molecule has 5 nitrogen and oxygen atoms in total. The molecule has 0 spiro atoms. The van der Waals surface area contributed by atoms with Gasteiger partial charge in [0, 0.05) is 13.1 Å². The number of benzene rings is 2. The van der Waals surface area contributed by atoms with Gasteiger partial charge in [-0.2, -0.15) is 0 Å². The number of nitrogens with zero attached hydrogens (tertiary/aromatic N) is 1. The number of carbonyl (C=O) groups excluding carboxylic acids is 2. The van der Waals surface area contributed by atoms with Crippen LogP contribution in [0.25, 0.3) is 0 Å². The maximum atomic E-state index is 12.9. The molecule has 0 fully saturated rings.